The molecule has 30 heavy (non-hydrogen) atoms. The molecule has 3 aliphatic heterocycles. The number of terminal acetylenes is 1. The van der Waals surface area contributed by atoms with E-state index < -0.39 is 17.4 Å². The zero-order valence-electron chi connectivity index (χ0n) is 16.5. The summed E-state index contributed by atoms with van der Waals surface area (Å²) in [4.78, 5) is 43.4. The molecule has 0 unspecified atom stereocenters. The van der Waals surface area contributed by atoms with Crippen molar-refractivity contribution in [2.45, 2.75) is 25.0 Å². The fraction of sp³-hybridized carbons (Fsp3) is 0.292. The number of nitrogens with zero attached hydrogens (tertiary/aromatic N) is 2. The van der Waals surface area contributed by atoms with Crippen LogP contribution in [0.2, 0.25) is 0 Å². The van der Waals surface area contributed by atoms with Crippen LogP contribution in [0.5, 0.6) is 0 Å². The van der Waals surface area contributed by atoms with Gasteiger partial charge in [-0.1, -0.05) is 54.5 Å². The summed E-state index contributed by atoms with van der Waals surface area (Å²) in [7, 11) is 0. The molecular formula is C24H21N3O3. The van der Waals surface area contributed by atoms with Crippen molar-refractivity contribution < 1.29 is 14.4 Å². The van der Waals surface area contributed by atoms with Crippen LogP contribution in [0.15, 0.2) is 54.6 Å². The Morgan fingerprint density at radius 2 is 1.70 bits per heavy atom. The molecule has 2 fully saturated rings. The molecule has 0 aromatic heterocycles. The number of hydrogen-bond donors (Lipinski definition) is 1. The van der Waals surface area contributed by atoms with E-state index in [-0.39, 0.29) is 36.9 Å². The number of fused-ring (bicyclic) bond motifs is 4. The third-order valence-corrected chi connectivity index (χ3v) is 6.54. The molecule has 6 heteroatoms. The first-order valence-corrected chi connectivity index (χ1v) is 10.0. The highest BCUT2D eigenvalue weighted by molar-refractivity contribution is 6.16. The Bertz CT molecular complexity index is 1110. The Morgan fingerprint density at radius 1 is 1.00 bits per heavy atom. The summed E-state index contributed by atoms with van der Waals surface area (Å²) in [6, 6.07) is 16.5. The average molecular weight is 399 g/mol. The highest BCUT2D eigenvalue weighted by Crippen LogP contribution is 2.54. The summed E-state index contributed by atoms with van der Waals surface area (Å²) in [5, 5.41) is 3.34. The maximum Gasteiger partial charge on any atom is 0.253 e. The number of nitrogens with one attached hydrogen (secondary N) is 1. The monoisotopic (exact) mass is 399 g/mol. The normalized spacial score (nSPS) is 29.5. The largest absolute Gasteiger partial charge is 0.298 e. The van der Waals surface area contributed by atoms with Gasteiger partial charge in [0.05, 0.1) is 30.6 Å². The molecule has 0 saturated carbocycles. The Labute approximate surface area is 174 Å². The van der Waals surface area contributed by atoms with Gasteiger partial charge in [-0.3, -0.25) is 29.5 Å². The molecule has 0 bridgehead atoms. The van der Waals surface area contributed by atoms with Gasteiger partial charge in [-0.15, -0.1) is 6.42 Å². The summed E-state index contributed by atoms with van der Waals surface area (Å²) in [6.07, 6.45) is 5.51. The minimum atomic E-state index is -1.27. The van der Waals surface area contributed by atoms with Crippen molar-refractivity contribution >= 4 is 23.4 Å². The van der Waals surface area contributed by atoms with Crippen molar-refractivity contribution in [1.29, 1.82) is 0 Å². The zero-order valence-corrected chi connectivity index (χ0v) is 16.5. The van der Waals surface area contributed by atoms with Gasteiger partial charge in [-0.25, -0.2) is 0 Å². The number of imide groups is 1. The van der Waals surface area contributed by atoms with Crippen LogP contribution in [0.4, 0.5) is 5.69 Å². The van der Waals surface area contributed by atoms with Crippen molar-refractivity contribution in [1.82, 2.24) is 10.2 Å². The maximum absolute atomic E-state index is 13.7. The van der Waals surface area contributed by atoms with Crippen LogP contribution in [0, 0.1) is 24.2 Å². The lowest BCUT2D eigenvalue weighted by Gasteiger charge is -2.30. The summed E-state index contributed by atoms with van der Waals surface area (Å²) in [5.74, 6) is 0.350. The SMILES string of the molecule is C#CCN1C(=O)[C@]2(N[C@H](C)[C@H]3C(=O)N(Cc4ccccc4)C(=O)[C@@H]32)c2ccccc21. The lowest BCUT2D eigenvalue weighted by Crippen LogP contribution is -2.54. The quantitative estimate of drug-likeness (QED) is 0.630. The molecule has 0 radical (unpaired) electrons. The molecule has 1 N–H and O–H groups in total. The predicted molar refractivity (Wildman–Crippen MR) is 111 cm³/mol. The van der Waals surface area contributed by atoms with Gasteiger partial charge in [0.1, 0.15) is 5.54 Å². The van der Waals surface area contributed by atoms with Crippen LogP contribution in [0.1, 0.15) is 18.1 Å². The van der Waals surface area contributed by atoms with E-state index in [1.165, 1.54) is 9.80 Å². The Kier molecular flexibility index (Phi) is 4.05. The second kappa shape index (κ2) is 6.54. The first kappa shape index (κ1) is 18.6. The van der Waals surface area contributed by atoms with E-state index in [2.05, 4.69) is 11.2 Å². The van der Waals surface area contributed by atoms with Crippen molar-refractivity contribution in [2.24, 2.45) is 11.8 Å². The number of benzene rings is 2. The second-order valence-electron chi connectivity index (χ2n) is 8.11. The molecule has 2 aromatic rings. The standard InChI is InChI=1S/C24H21N3O3/c1-3-13-26-18-12-8-7-11-17(18)24(23(26)30)20-19(15(2)25-24)21(28)27(22(20)29)14-16-9-5-4-6-10-16/h1,4-12,15,19-20,25H,13-14H2,2H3/t15-,19-,20-,24+/m1/s1. The van der Waals surface area contributed by atoms with Gasteiger partial charge in [0.15, 0.2) is 0 Å². The lowest BCUT2D eigenvalue weighted by atomic mass is 9.76. The van der Waals surface area contributed by atoms with Crippen LogP contribution in [-0.2, 0) is 26.5 Å². The summed E-state index contributed by atoms with van der Waals surface area (Å²) >= 11 is 0. The molecule has 2 aromatic carbocycles. The molecule has 3 heterocycles. The van der Waals surface area contributed by atoms with Crippen LogP contribution < -0.4 is 10.2 Å². The number of amides is 3. The molecule has 6 nitrogen and oxygen atoms in total. The number of anilines is 1. The first-order valence-electron chi connectivity index (χ1n) is 10.0. The van der Waals surface area contributed by atoms with E-state index in [4.69, 9.17) is 6.42 Å². The van der Waals surface area contributed by atoms with Crippen LogP contribution in [0.3, 0.4) is 0 Å². The lowest BCUT2D eigenvalue weighted by molar-refractivity contribution is -0.143. The molecule has 0 aliphatic carbocycles. The van der Waals surface area contributed by atoms with E-state index >= 15 is 0 Å². The first-order chi connectivity index (χ1) is 14.5. The molecule has 3 aliphatic rings. The van der Waals surface area contributed by atoms with Gasteiger partial charge in [-0.2, -0.15) is 0 Å². The average Bonchev–Trinajstić information content (AvgIpc) is 3.29. The van der Waals surface area contributed by atoms with Gasteiger partial charge < -0.3 is 0 Å². The summed E-state index contributed by atoms with van der Waals surface area (Å²) in [6.45, 7) is 2.18. The fourth-order valence-electron chi connectivity index (χ4n) is 5.34. The van der Waals surface area contributed by atoms with Gasteiger partial charge >= 0.3 is 0 Å². The minimum absolute atomic E-state index is 0.112. The molecule has 1 spiro atoms. The third-order valence-electron chi connectivity index (χ3n) is 6.54. The maximum atomic E-state index is 13.7. The van der Waals surface area contributed by atoms with Crippen molar-refractivity contribution in [2.75, 3.05) is 11.4 Å². The van der Waals surface area contributed by atoms with Crippen molar-refractivity contribution in [3.05, 3.63) is 65.7 Å². The summed E-state index contributed by atoms with van der Waals surface area (Å²) in [5.41, 5.74) is 1.02. The van der Waals surface area contributed by atoms with Gasteiger partial charge in [-0.05, 0) is 18.6 Å². The van der Waals surface area contributed by atoms with E-state index in [1.54, 1.807) is 0 Å². The van der Waals surface area contributed by atoms with Gasteiger partial charge in [0, 0.05) is 11.6 Å². The van der Waals surface area contributed by atoms with Crippen LogP contribution in [0.25, 0.3) is 0 Å². The molecule has 4 atom stereocenters. The number of para-hydroxylation sites is 1. The number of likely N-dealkylation sites (tertiary alicyclic amines) is 1. The Hall–Kier alpha value is -3.43. The van der Waals surface area contributed by atoms with Gasteiger partial charge in [0.25, 0.3) is 5.91 Å². The zero-order chi connectivity index (χ0) is 21.0. The highest BCUT2D eigenvalue weighted by atomic mass is 16.2. The second-order valence-corrected chi connectivity index (χ2v) is 8.11. The molecule has 2 saturated heterocycles. The predicted octanol–water partition coefficient (Wildman–Crippen LogP) is 1.65. The van der Waals surface area contributed by atoms with Crippen molar-refractivity contribution in [3.8, 4) is 12.3 Å². The third kappa shape index (κ3) is 2.27. The number of hydrogen-bond acceptors (Lipinski definition) is 4. The topological polar surface area (TPSA) is 69.7 Å². The van der Waals surface area contributed by atoms with E-state index in [9.17, 15) is 14.4 Å². The molecule has 5 rings (SSSR count). The van der Waals surface area contributed by atoms with Crippen LogP contribution in [-0.4, -0.2) is 35.2 Å². The van der Waals surface area contributed by atoms with Crippen molar-refractivity contribution in [3.63, 3.8) is 0 Å². The smallest absolute Gasteiger partial charge is 0.253 e. The van der Waals surface area contributed by atoms with Gasteiger partial charge in [0.2, 0.25) is 11.8 Å². The fourth-order valence-corrected chi connectivity index (χ4v) is 5.34. The van der Waals surface area contributed by atoms with E-state index in [0.717, 1.165) is 5.56 Å². The Morgan fingerprint density at radius 3 is 2.43 bits per heavy atom. The minimum Gasteiger partial charge on any atom is -0.298 e. The molecular weight excluding hydrogens is 378 g/mol. The van der Waals surface area contributed by atoms with Crippen LogP contribution >= 0.6 is 0 Å². The molecule has 3 amide bonds. The number of carbonyl (C=O) groups excluding carboxylic acids is 3. The molecule has 150 valence electrons. The summed E-state index contributed by atoms with van der Waals surface area (Å²) < 4.78 is 0. The number of carbonyl (C=O) groups is 3. The number of rotatable bonds is 3. The Balaban J connectivity index is 1.61. The highest BCUT2D eigenvalue weighted by Gasteiger charge is 2.70. The van der Waals surface area contributed by atoms with E-state index in [0.29, 0.717) is 11.3 Å². The van der Waals surface area contributed by atoms with E-state index in [1.807, 2.05) is 61.5 Å².